The second-order valence-corrected chi connectivity index (χ2v) is 32.6. The summed E-state index contributed by atoms with van der Waals surface area (Å²) in [6, 6.07) is -11.4. The number of hydrogen-bond donors (Lipinski definition) is 3. The van der Waals surface area contributed by atoms with Gasteiger partial charge in [-0.3, -0.25) is 57.5 Å². The largest absolute Gasteiger partial charge is 0.393 e. The van der Waals surface area contributed by atoms with Crippen molar-refractivity contribution in [1.82, 2.24) is 60.0 Å². The number of nitrogens with one attached hydrogen (secondary N) is 3. The minimum Gasteiger partial charge on any atom is -0.382 e. The van der Waals surface area contributed by atoms with Crippen LogP contribution >= 0.6 is 11.6 Å². The number of fused-ring (bicyclic) bond motifs is 3. The number of ether oxygens (including phenoxy) is 2. The predicted molar refractivity (Wildman–Crippen MR) is 389 cm³/mol. The van der Waals surface area contributed by atoms with E-state index in [4.69, 9.17) is 21.1 Å². The second-order valence-electron chi connectivity index (χ2n) is 32.1. The van der Waals surface area contributed by atoms with Crippen molar-refractivity contribution in [2.75, 3.05) is 103 Å². The first-order chi connectivity index (χ1) is 50.4. The molecule has 3 N–H and O–H groups in total. The molecule has 1 spiro atoms. The van der Waals surface area contributed by atoms with Crippen LogP contribution in [-0.2, 0) is 67.0 Å². The zero-order valence-corrected chi connectivity index (χ0v) is 66.7. The Bertz CT molecular complexity index is 3220. The number of methoxy groups -OCH3 is 1. The highest BCUT2D eigenvalue weighted by Gasteiger charge is 2.59. The fourth-order valence-electron chi connectivity index (χ4n) is 17.0. The van der Waals surface area contributed by atoms with Gasteiger partial charge in [-0.15, -0.1) is 11.6 Å². The molecule has 3 aliphatic heterocycles. The third-order valence-corrected chi connectivity index (χ3v) is 24.0. The van der Waals surface area contributed by atoms with Gasteiger partial charge in [0.15, 0.2) is 0 Å². The lowest BCUT2D eigenvalue weighted by atomic mass is 9.58. The van der Waals surface area contributed by atoms with Crippen LogP contribution < -0.4 is 16.0 Å². The van der Waals surface area contributed by atoms with E-state index in [9.17, 15) is 55.1 Å². The molecule has 33 heteroatoms. The lowest BCUT2D eigenvalue weighted by Gasteiger charge is -2.54. The van der Waals surface area contributed by atoms with Gasteiger partial charge in [-0.2, -0.15) is 26.3 Å². The molecule has 12 amide bonds. The van der Waals surface area contributed by atoms with E-state index in [-0.39, 0.29) is 116 Å². The number of rotatable bonds is 15. The lowest BCUT2D eigenvalue weighted by Crippen LogP contribution is -2.71. The van der Waals surface area contributed by atoms with Gasteiger partial charge in [0.1, 0.15) is 53.9 Å². The highest BCUT2D eigenvalue weighted by atomic mass is 35.5. The summed E-state index contributed by atoms with van der Waals surface area (Å²) < 4.78 is 96.4. The van der Waals surface area contributed by atoms with Crippen LogP contribution in [0.4, 0.5) is 26.3 Å². The number of amides is 12. The van der Waals surface area contributed by atoms with E-state index in [1.54, 1.807) is 32.9 Å². The Hall–Kier alpha value is -6.83. The molecule has 5 fully saturated rings. The molecule has 26 nitrogen and oxygen atoms in total. The van der Waals surface area contributed by atoms with Crippen LogP contribution in [0.2, 0.25) is 0 Å². The normalized spacial score (nSPS) is 30.9. The summed E-state index contributed by atoms with van der Waals surface area (Å²) in [5, 5.41) is 7.25. The highest BCUT2D eigenvalue weighted by Crippen LogP contribution is 2.50. The van der Waals surface area contributed by atoms with Gasteiger partial charge in [-0.25, -0.2) is 0 Å². The topological polar surface area (TPSA) is 289 Å². The van der Waals surface area contributed by atoms with Crippen LogP contribution in [0.25, 0.3) is 0 Å². The van der Waals surface area contributed by atoms with E-state index in [0.717, 1.165) is 24.5 Å². The molecule has 2 saturated heterocycles. The van der Waals surface area contributed by atoms with E-state index in [0.29, 0.717) is 19.3 Å². The zero-order valence-electron chi connectivity index (χ0n) is 66.0. The summed E-state index contributed by atoms with van der Waals surface area (Å²) in [7, 11) is 12.1. The van der Waals surface area contributed by atoms with Gasteiger partial charge in [-0.1, -0.05) is 73.0 Å². The number of carbonyl (C=O) groups is 12. The summed E-state index contributed by atoms with van der Waals surface area (Å²) in [5.74, 6) is -15.0. The van der Waals surface area contributed by atoms with Crippen molar-refractivity contribution in [1.29, 1.82) is 0 Å². The first-order valence-corrected chi connectivity index (χ1v) is 38.7. The van der Waals surface area contributed by atoms with E-state index in [1.165, 1.54) is 83.1 Å². The fraction of sp³-hybridized carbons (Fsp3) is 0.813. The molecule has 108 heavy (non-hydrogen) atoms. The molecule has 3 heterocycles. The Labute approximate surface area is 637 Å². The van der Waals surface area contributed by atoms with E-state index >= 15 is 28.8 Å². The molecule has 13 atom stereocenters. The minimum atomic E-state index is -4.58. The van der Waals surface area contributed by atoms with Crippen LogP contribution in [0.15, 0.2) is 12.2 Å². The van der Waals surface area contributed by atoms with Crippen molar-refractivity contribution < 1.29 is 93.4 Å². The van der Waals surface area contributed by atoms with Crippen LogP contribution in [0.1, 0.15) is 170 Å². The Morgan fingerprint density at radius 2 is 1.29 bits per heavy atom. The molecule has 6 aliphatic rings. The third-order valence-electron chi connectivity index (χ3n) is 23.6. The van der Waals surface area contributed by atoms with Crippen LogP contribution in [0, 0.1) is 40.9 Å². The number of carbonyl (C=O) groups excluding carboxylic acids is 12. The van der Waals surface area contributed by atoms with Crippen molar-refractivity contribution in [3.8, 4) is 0 Å². The second kappa shape index (κ2) is 38.4. The van der Waals surface area contributed by atoms with Crippen molar-refractivity contribution in [3.63, 3.8) is 0 Å². The van der Waals surface area contributed by atoms with Gasteiger partial charge in [0.25, 0.3) is 0 Å². The van der Waals surface area contributed by atoms with Gasteiger partial charge >= 0.3 is 12.4 Å². The van der Waals surface area contributed by atoms with Gasteiger partial charge < -0.3 is 69.5 Å². The molecule has 0 aromatic rings. The Balaban J connectivity index is 1.50. The minimum absolute atomic E-state index is 0.0254. The van der Waals surface area contributed by atoms with Gasteiger partial charge in [0.05, 0.1) is 44.1 Å². The molecule has 6 rings (SSSR count). The van der Waals surface area contributed by atoms with E-state index in [2.05, 4.69) is 16.0 Å². The molecular weight excluding hydrogens is 1440 g/mol. The van der Waals surface area contributed by atoms with Gasteiger partial charge in [0.2, 0.25) is 70.9 Å². The Morgan fingerprint density at radius 3 is 1.84 bits per heavy atom. The maximum atomic E-state index is 15.8. The van der Waals surface area contributed by atoms with E-state index in [1.807, 2.05) is 27.7 Å². The van der Waals surface area contributed by atoms with Crippen molar-refractivity contribution in [2.24, 2.45) is 40.9 Å². The molecule has 3 aliphatic carbocycles. The maximum absolute atomic E-state index is 15.8. The van der Waals surface area contributed by atoms with Crippen LogP contribution in [0.3, 0.4) is 0 Å². The van der Waals surface area contributed by atoms with Crippen molar-refractivity contribution >= 4 is 82.5 Å². The number of likely N-dealkylation sites (N-methyl/N-ethyl adjacent to an activating group) is 7. The van der Waals surface area contributed by atoms with Crippen molar-refractivity contribution in [2.45, 2.75) is 248 Å². The highest BCUT2D eigenvalue weighted by molar-refractivity contribution is 6.21. The molecule has 2 bridgehead atoms. The zero-order chi connectivity index (χ0) is 81.0. The first kappa shape index (κ1) is 90.1. The molecule has 3 saturated carbocycles. The number of alkyl halides is 7. The maximum Gasteiger partial charge on any atom is 0.393 e. The predicted octanol–water partition coefficient (Wildman–Crippen LogP) is 6.15. The summed E-state index contributed by atoms with van der Waals surface area (Å²) in [4.78, 5) is 192. The van der Waals surface area contributed by atoms with Gasteiger partial charge in [0, 0.05) is 95.0 Å². The van der Waals surface area contributed by atoms with Crippen LogP contribution in [-0.4, -0.2) is 296 Å². The van der Waals surface area contributed by atoms with Crippen LogP contribution in [0.5, 0.6) is 0 Å². The van der Waals surface area contributed by atoms with Gasteiger partial charge in [-0.05, 0) is 126 Å². The lowest BCUT2D eigenvalue weighted by molar-refractivity contribution is -0.184. The quantitative estimate of drug-likeness (QED) is 0.0941. The Morgan fingerprint density at radius 1 is 0.667 bits per heavy atom. The SMILES string of the molecule is CCO[C@@H]1C[C@H]2C(=O)NC3(CC(C)(C)C3)C(=O)N(C)[C@@H](C(CC)CC)C(=O)N(C)[C@H](C(=O)N(C)C)CC(=O)N(C)[C@@H](COC)C(=O)N[C@@H]([C@@H](C)CC)C(=O)N(C)CC(=O)N(C)[C@H]3C/C=C\CCN(C3=O)[C@@H](CC3CCC(C(F)(F)F)CC3)C(=O)N(C)CC(=O)N[C@@H](CCC3CCC(C(F)(F)F)C(Cl)C3)C(=O)N2C1. The Kier molecular flexibility index (Phi) is 32.0. The summed E-state index contributed by atoms with van der Waals surface area (Å²) in [6.07, 6.45) is -7.22. The van der Waals surface area contributed by atoms with E-state index < -0.39 is 216 Å². The molecule has 0 aromatic carbocycles. The average Bonchev–Trinajstić information content (AvgIpc) is 0.880. The number of nitrogens with zero attached hydrogens (tertiary/aromatic N) is 9. The molecule has 612 valence electrons. The summed E-state index contributed by atoms with van der Waals surface area (Å²) >= 11 is 6.43. The monoisotopic (exact) mass is 1560 g/mol. The molecule has 0 radical (unpaired) electrons. The fourth-order valence-corrected chi connectivity index (χ4v) is 17.5. The molecular formula is C75H119ClF6N12O14. The third kappa shape index (κ3) is 22.1. The molecule has 3 unspecified atom stereocenters. The number of halogens is 7. The molecule has 0 aromatic heterocycles. The summed E-state index contributed by atoms with van der Waals surface area (Å²) in [5.41, 5.74) is -2.31. The first-order valence-electron chi connectivity index (χ1n) is 38.2. The smallest absolute Gasteiger partial charge is 0.382 e. The van der Waals surface area contributed by atoms with Crippen molar-refractivity contribution in [3.05, 3.63) is 12.2 Å². The standard InChI is InChI=1S/C75H119ClF6N12O14/c1-17-44(5)61-69(104)88(11)40-60(97)89(12)53-24-22-21-23-33-93(68(53)103)56(35-46-25-29-48(30-26-46)74(77,78)79)67(102)87(10)39-58(95)83-52(32-28-45-27-31-50(51(76)34-45)75(80,81)82)65(100)94-38-49(108-20-4)36-54(94)64(99)85-73(42-72(6,7)43-73)71(106)92(15)62(47(18-2)19-3)70(105)91(14)55(66(101)86(8)9)37-59(96)90(13)57(41-107-16)63(98)84-61/h21-22,44-57,61-62H,17-20,23-43H2,1-16H3,(H,83,95)(H,84,98)(H,85,99)/b22-21-/t44-,45?,46?,48?,49+,50?,51?,52-,53-,54-,55-,56-,57-,61-,62-/m0/s1. The average molecular weight is 1560 g/mol. The summed E-state index contributed by atoms with van der Waals surface area (Å²) in [6.45, 7) is 10.5. The number of hydrogen-bond acceptors (Lipinski definition) is 14.